The SMILES string of the molecule is O=C(O)/C=C/C1[C@@H](O)CCN1C(=O)c1cc(C2CC2)c(OCC23CC4CC(CC2C4)C3)cc1F. The van der Waals surface area contributed by atoms with Crippen LogP contribution in [0.3, 0.4) is 0 Å². The number of aliphatic hydroxyl groups is 1. The third-order valence-electron chi connectivity index (χ3n) is 9.14. The number of nitrogens with zero attached hydrogens (tertiary/aromatic N) is 1. The van der Waals surface area contributed by atoms with Crippen molar-refractivity contribution in [3.05, 3.63) is 41.2 Å². The molecule has 4 bridgehead atoms. The summed E-state index contributed by atoms with van der Waals surface area (Å²) in [6.45, 7) is 0.884. The van der Waals surface area contributed by atoms with Crippen LogP contribution < -0.4 is 4.74 Å². The Morgan fingerprint density at radius 3 is 2.56 bits per heavy atom. The largest absolute Gasteiger partial charge is 0.493 e. The third-order valence-corrected chi connectivity index (χ3v) is 9.14. The Labute approximate surface area is 198 Å². The molecule has 1 aromatic carbocycles. The Kier molecular flexibility index (Phi) is 5.24. The normalized spacial score (nSPS) is 36.1. The van der Waals surface area contributed by atoms with E-state index < -0.39 is 29.8 Å². The van der Waals surface area contributed by atoms with E-state index in [0.29, 0.717) is 18.8 Å². The first kappa shape index (κ1) is 22.1. The number of amides is 1. The first-order valence-electron chi connectivity index (χ1n) is 12.7. The molecule has 1 aliphatic heterocycles. The van der Waals surface area contributed by atoms with Gasteiger partial charge in [-0.1, -0.05) is 6.08 Å². The Morgan fingerprint density at radius 1 is 1.15 bits per heavy atom. The highest BCUT2D eigenvalue weighted by Crippen LogP contribution is 2.65. The molecular formula is C27H32FNO5. The molecule has 34 heavy (non-hydrogen) atoms. The van der Waals surface area contributed by atoms with Crippen LogP contribution in [0.4, 0.5) is 4.39 Å². The summed E-state index contributed by atoms with van der Waals surface area (Å²) in [4.78, 5) is 25.6. The Bertz CT molecular complexity index is 1040. The van der Waals surface area contributed by atoms with Crippen LogP contribution in [0.2, 0.25) is 0 Å². The molecule has 1 amide bonds. The van der Waals surface area contributed by atoms with Gasteiger partial charge in [0.1, 0.15) is 11.6 Å². The van der Waals surface area contributed by atoms with E-state index >= 15 is 4.39 Å². The molecule has 5 aliphatic carbocycles. The van der Waals surface area contributed by atoms with E-state index in [1.165, 1.54) is 49.1 Å². The second kappa shape index (κ2) is 8.08. The van der Waals surface area contributed by atoms with Crippen molar-refractivity contribution in [3.63, 3.8) is 0 Å². The molecule has 7 rings (SSSR count). The fraction of sp³-hybridized carbons (Fsp3) is 0.630. The molecule has 3 unspecified atom stereocenters. The van der Waals surface area contributed by atoms with Crippen LogP contribution in [0.5, 0.6) is 5.75 Å². The second-order valence-corrected chi connectivity index (χ2v) is 11.4. The minimum atomic E-state index is -1.15. The van der Waals surface area contributed by atoms with E-state index in [1.807, 2.05) is 0 Å². The molecule has 0 spiro atoms. The molecule has 6 fully saturated rings. The smallest absolute Gasteiger partial charge is 0.328 e. The van der Waals surface area contributed by atoms with Crippen LogP contribution >= 0.6 is 0 Å². The van der Waals surface area contributed by atoms with Crippen molar-refractivity contribution >= 4 is 11.9 Å². The molecule has 4 atom stereocenters. The molecule has 5 saturated carbocycles. The average Bonchev–Trinajstić information content (AvgIpc) is 3.47. The highest BCUT2D eigenvalue weighted by atomic mass is 19.1. The van der Waals surface area contributed by atoms with Crippen LogP contribution in [0, 0.1) is 29.0 Å². The topological polar surface area (TPSA) is 87.1 Å². The molecule has 2 N–H and O–H groups in total. The minimum absolute atomic E-state index is 0.0314. The summed E-state index contributed by atoms with van der Waals surface area (Å²) in [7, 11) is 0. The molecule has 6 nitrogen and oxygen atoms in total. The van der Waals surface area contributed by atoms with Crippen LogP contribution in [0.15, 0.2) is 24.3 Å². The molecule has 6 aliphatic rings. The number of likely N-dealkylation sites (tertiary alicyclic amines) is 1. The zero-order valence-electron chi connectivity index (χ0n) is 19.3. The predicted molar refractivity (Wildman–Crippen MR) is 122 cm³/mol. The average molecular weight is 470 g/mol. The number of ether oxygens (including phenoxy) is 1. The molecule has 182 valence electrons. The van der Waals surface area contributed by atoms with Crippen LogP contribution in [-0.4, -0.2) is 52.3 Å². The van der Waals surface area contributed by atoms with Gasteiger partial charge in [-0.05, 0) is 86.7 Å². The van der Waals surface area contributed by atoms with E-state index in [1.54, 1.807) is 6.07 Å². The van der Waals surface area contributed by atoms with E-state index in [4.69, 9.17) is 9.84 Å². The number of halogens is 1. The second-order valence-electron chi connectivity index (χ2n) is 11.4. The van der Waals surface area contributed by atoms with E-state index in [2.05, 4.69) is 0 Å². The van der Waals surface area contributed by atoms with Crippen molar-refractivity contribution in [1.29, 1.82) is 0 Å². The maximum absolute atomic E-state index is 15.3. The van der Waals surface area contributed by atoms with Crippen LogP contribution in [0.25, 0.3) is 0 Å². The Morgan fingerprint density at radius 2 is 1.88 bits per heavy atom. The molecule has 0 radical (unpaired) electrons. The van der Waals surface area contributed by atoms with Crippen molar-refractivity contribution in [2.75, 3.05) is 13.2 Å². The van der Waals surface area contributed by atoms with Gasteiger partial charge in [0.25, 0.3) is 5.91 Å². The van der Waals surface area contributed by atoms with Gasteiger partial charge in [-0.15, -0.1) is 0 Å². The number of rotatable bonds is 7. The van der Waals surface area contributed by atoms with Crippen molar-refractivity contribution < 1.29 is 28.9 Å². The number of hydrogen-bond acceptors (Lipinski definition) is 4. The first-order valence-corrected chi connectivity index (χ1v) is 12.7. The number of benzene rings is 1. The monoisotopic (exact) mass is 469 g/mol. The number of carbonyl (C=O) groups excluding carboxylic acids is 1. The van der Waals surface area contributed by atoms with Crippen molar-refractivity contribution in [2.24, 2.45) is 23.2 Å². The van der Waals surface area contributed by atoms with E-state index in [-0.39, 0.29) is 23.4 Å². The molecular weight excluding hydrogens is 437 g/mol. The van der Waals surface area contributed by atoms with Gasteiger partial charge in [-0.25, -0.2) is 9.18 Å². The first-order chi connectivity index (χ1) is 16.3. The van der Waals surface area contributed by atoms with Crippen molar-refractivity contribution in [2.45, 2.75) is 69.4 Å². The highest BCUT2D eigenvalue weighted by molar-refractivity contribution is 5.95. The fourth-order valence-corrected chi connectivity index (χ4v) is 7.60. The highest BCUT2D eigenvalue weighted by Gasteiger charge is 2.58. The van der Waals surface area contributed by atoms with Gasteiger partial charge < -0.3 is 19.8 Å². The van der Waals surface area contributed by atoms with E-state index in [0.717, 1.165) is 42.2 Å². The number of carbonyl (C=O) groups is 2. The number of aliphatic carboxylic acids is 1. The lowest BCUT2D eigenvalue weighted by Gasteiger charge is -2.33. The van der Waals surface area contributed by atoms with Crippen LogP contribution in [0.1, 0.15) is 73.2 Å². The molecule has 0 aromatic heterocycles. The van der Waals surface area contributed by atoms with Crippen molar-refractivity contribution in [1.82, 2.24) is 4.90 Å². The van der Waals surface area contributed by atoms with Gasteiger partial charge in [0.15, 0.2) is 0 Å². The van der Waals surface area contributed by atoms with Gasteiger partial charge in [-0.2, -0.15) is 0 Å². The summed E-state index contributed by atoms with van der Waals surface area (Å²) < 4.78 is 21.6. The number of hydrogen-bond donors (Lipinski definition) is 2. The number of carboxylic acids is 1. The zero-order valence-corrected chi connectivity index (χ0v) is 19.3. The molecule has 1 heterocycles. The molecule has 1 saturated heterocycles. The van der Waals surface area contributed by atoms with E-state index in [9.17, 15) is 14.7 Å². The van der Waals surface area contributed by atoms with Gasteiger partial charge in [-0.3, -0.25) is 4.79 Å². The molecule has 1 aromatic rings. The Hall–Kier alpha value is -2.41. The summed E-state index contributed by atoms with van der Waals surface area (Å²) >= 11 is 0. The Balaban J connectivity index is 1.24. The number of carboxylic acid groups (broad SMARTS) is 1. The summed E-state index contributed by atoms with van der Waals surface area (Å²) in [6.07, 6.45) is 10.1. The lowest BCUT2D eigenvalue weighted by atomic mass is 9.76. The van der Waals surface area contributed by atoms with Gasteiger partial charge >= 0.3 is 5.97 Å². The van der Waals surface area contributed by atoms with Gasteiger partial charge in [0, 0.05) is 24.1 Å². The lowest BCUT2D eigenvalue weighted by molar-refractivity contribution is -0.131. The predicted octanol–water partition coefficient (Wildman–Crippen LogP) is 4.12. The molecule has 7 heteroatoms. The lowest BCUT2D eigenvalue weighted by Crippen LogP contribution is -2.38. The fourth-order valence-electron chi connectivity index (χ4n) is 7.60. The van der Waals surface area contributed by atoms with Gasteiger partial charge in [0.05, 0.1) is 24.3 Å². The zero-order chi connectivity index (χ0) is 23.6. The third kappa shape index (κ3) is 3.72. The van der Waals surface area contributed by atoms with Crippen molar-refractivity contribution in [3.8, 4) is 5.75 Å². The quantitative estimate of drug-likeness (QED) is 0.587. The minimum Gasteiger partial charge on any atom is -0.493 e. The summed E-state index contributed by atoms with van der Waals surface area (Å²) in [5.41, 5.74) is 1.11. The summed E-state index contributed by atoms with van der Waals surface area (Å²) in [6, 6.07) is 2.24. The summed E-state index contributed by atoms with van der Waals surface area (Å²) in [5.74, 6) is 0.958. The maximum Gasteiger partial charge on any atom is 0.328 e. The summed E-state index contributed by atoms with van der Waals surface area (Å²) in [5, 5.41) is 19.2. The standard InChI is InChI=1S/C27H32FNO5/c28-21-11-24(34-14-27-12-15-7-16(13-27)9-18(27)8-15)19(17-1-2-17)10-20(21)26(33)29-6-5-23(30)22(29)3-4-25(31)32/h3-4,10-11,15-18,22-23,30H,1-2,5-9,12-14H2,(H,31,32)/b4-3+/t15?,16?,18?,22?,23-,27?/m0/s1. The number of aliphatic hydroxyl groups excluding tert-OH is 1. The van der Waals surface area contributed by atoms with Gasteiger partial charge in [0.2, 0.25) is 0 Å². The maximum atomic E-state index is 15.3. The van der Waals surface area contributed by atoms with Crippen LogP contribution in [-0.2, 0) is 4.79 Å².